The number of aromatic nitrogens is 1. The number of rotatable bonds is 10. The maximum absolute atomic E-state index is 12.5. The molecule has 0 radical (unpaired) electrons. The number of carboxylic acids is 1. The predicted molar refractivity (Wildman–Crippen MR) is 119 cm³/mol. The largest absolute Gasteiger partial charge is 0.490 e. The molecule has 164 valence electrons. The van der Waals surface area contributed by atoms with E-state index in [2.05, 4.69) is 10.3 Å². The van der Waals surface area contributed by atoms with Gasteiger partial charge >= 0.3 is 5.97 Å². The Kier molecular flexibility index (Phi) is 7.41. The molecule has 3 aromatic rings. The monoisotopic (exact) mass is 444 g/mol. The highest BCUT2D eigenvalue weighted by Gasteiger charge is 2.19. The van der Waals surface area contributed by atoms with Crippen molar-refractivity contribution in [3.8, 4) is 11.5 Å². The van der Waals surface area contributed by atoms with E-state index >= 15 is 0 Å². The summed E-state index contributed by atoms with van der Waals surface area (Å²) in [5, 5.41) is 13.5. The molecule has 0 bridgehead atoms. The molecule has 0 aliphatic carbocycles. The average Bonchev–Trinajstić information content (AvgIpc) is 3.08. The topological polar surface area (TPSA) is 101 Å². The zero-order chi connectivity index (χ0) is 22.4. The second-order valence-electron chi connectivity index (χ2n) is 6.90. The Labute approximate surface area is 185 Å². The number of amides is 1. The lowest BCUT2D eigenvalue weighted by molar-refractivity contribution is -0.120. The summed E-state index contributed by atoms with van der Waals surface area (Å²) in [5.74, 6) is -0.0152. The highest BCUT2D eigenvalue weighted by Crippen LogP contribution is 2.29. The highest BCUT2D eigenvalue weighted by atomic mass is 35.5. The van der Waals surface area contributed by atoms with Gasteiger partial charge in [0, 0.05) is 28.0 Å². The van der Waals surface area contributed by atoms with Crippen LogP contribution < -0.4 is 14.8 Å². The number of aromatic amines is 1. The van der Waals surface area contributed by atoms with Crippen LogP contribution >= 0.6 is 11.6 Å². The summed E-state index contributed by atoms with van der Waals surface area (Å²) < 4.78 is 11.2. The molecule has 1 heterocycles. The second kappa shape index (κ2) is 10.2. The first-order valence-electron chi connectivity index (χ1n) is 10.1. The van der Waals surface area contributed by atoms with Crippen molar-refractivity contribution in [2.45, 2.75) is 26.7 Å². The number of fused-ring (bicyclic) bond motifs is 1. The van der Waals surface area contributed by atoms with Gasteiger partial charge in [-0.05, 0) is 56.2 Å². The third-order valence-electron chi connectivity index (χ3n) is 4.76. The number of nitrogens with one attached hydrogen (secondary N) is 2. The summed E-state index contributed by atoms with van der Waals surface area (Å²) in [6, 6.07) is 10.7. The summed E-state index contributed by atoms with van der Waals surface area (Å²) in [6.45, 7) is 5.31. The number of aromatic carboxylic acids is 1. The molecule has 0 fully saturated rings. The van der Waals surface area contributed by atoms with Gasteiger partial charge in [0.25, 0.3) is 0 Å². The minimum absolute atomic E-state index is 0.000265. The van der Waals surface area contributed by atoms with Crippen molar-refractivity contribution in [3.05, 3.63) is 58.2 Å². The van der Waals surface area contributed by atoms with E-state index in [0.29, 0.717) is 59.2 Å². The standard InChI is InChI=1S/C23H25ClN2O5/c1-3-30-19-8-5-14(11-20(19)31-4-2)9-10-25-21(27)13-17-16-12-15(24)6-7-18(16)26-22(17)23(28)29/h5-8,11-12,26H,3-4,9-10,13H2,1-2H3,(H,25,27)(H,28,29). The van der Waals surface area contributed by atoms with Crippen molar-refractivity contribution in [1.29, 1.82) is 0 Å². The zero-order valence-corrected chi connectivity index (χ0v) is 18.2. The number of ether oxygens (including phenoxy) is 2. The summed E-state index contributed by atoms with van der Waals surface area (Å²) in [4.78, 5) is 27.0. The van der Waals surface area contributed by atoms with Crippen LogP contribution in [0.3, 0.4) is 0 Å². The molecule has 0 unspecified atom stereocenters. The number of benzene rings is 2. The third kappa shape index (κ3) is 5.49. The van der Waals surface area contributed by atoms with Gasteiger partial charge in [-0.2, -0.15) is 0 Å². The Balaban J connectivity index is 1.66. The number of H-pyrrole nitrogens is 1. The fourth-order valence-electron chi connectivity index (χ4n) is 3.41. The molecule has 1 aromatic heterocycles. The highest BCUT2D eigenvalue weighted by molar-refractivity contribution is 6.31. The summed E-state index contributed by atoms with van der Waals surface area (Å²) in [6.07, 6.45) is 0.541. The molecule has 0 saturated heterocycles. The van der Waals surface area contributed by atoms with Crippen LogP contribution in [0.4, 0.5) is 0 Å². The number of carbonyl (C=O) groups excluding carboxylic acids is 1. The quantitative estimate of drug-likeness (QED) is 0.434. The molecule has 0 aliphatic heterocycles. The van der Waals surface area contributed by atoms with E-state index in [0.717, 1.165) is 5.56 Å². The molecule has 7 nitrogen and oxygen atoms in total. The van der Waals surface area contributed by atoms with Crippen molar-refractivity contribution < 1.29 is 24.2 Å². The van der Waals surface area contributed by atoms with Gasteiger partial charge in [0.2, 0.25) is 5.91 Å². The Bertz CT molecular complexity index is 1090. The van der Waals surface area contributed by atoms with Gasteiger partial charge in [-0.1, -0.05) is 17.7 Å². The molecule has 0 atom stereocenters. The molecular formula is C23H25ClN2O5. The summed E-state index contributed by atoms with van der Waals surface area (Å²) >= 11 is 6.05. The first-order chi connectivity index (χ1) is 14.9. The van der Waals surface area contributed by atoms with Crippen molar-refractivity contribution in [2.75, 3.05) is 19.8 Å². The first-order valence-corrected chi connectivity index (χ1v) is 10.5. The van der Waals surface area contributed by atoms with Gasteiger partial charge in [-0.15, -0.1) is 0 Å². The van der Waals surface area contributed by atoms with E-state index in [4.69, 9.17) is 21.1 Å². The summed E-state index contributed by atoms with van der Waals surface area (Å²) in [5.41, 5.74) is 2.04. The predicted octanol–water partition coefficient (Wildman–Crippen LogP) is 4.22. The first kappa shape index (κ1) is 22.5. The van der Waals surface area contributed by atoms with E-state index in [-0.39, 0.29) is 18.0 Å². The van der Waals surface area contributed by atoms with E-state index in [1.807, 2.05) is 32.0 Å². The van der Waals surface area contributed by atoms with Gasteiger partial charge in [-0.3, -0.25) is 4.79 Å². The van der Waals surface area contributed by atoms with E-state index in [9.17, 15) is 14.7 Å². The number of hydrogen-bond acceptors (Lipinski definition) is 4. The zero-order valence-electron chi connectivity index (χ0n) is 17.5. The fraction of sp³-hybridized carbons (Fsp3) is 0.304. The molecule has 3 N–H and O–H groups in total. The van der Waals surface area contributed by atoms with Crippen LogP contribution in [0.25, 0.3) is 10.9 Å². The van der Waals surface area contributed by atoms with Gasteiger partial charge in [0.15, 0.2) is 11.5 Å². The SMILES string of the molecule is CCOc1ccc(CCNC(=O)Cc2c(C(=O)O)[nH]c3ccc(Cl)cc23)cc1OCC. The average molecular weight is 445 g/mol. The molecule has 3 rings (SSSR count). The van der Waals surface area contributed by atoms with E-state index < -0.39 is 5.97 Å². The number of carbonyl (C=O) groups is 2. The second-order valence-corrected chi connectivity index (χ2v) is 7.33. The van der Waals surface area contributed by atoms with Gasteiger partial charge in [-0.25, -0.2) is 4.79 Å². The van der Waals surface area contributed by atoms with Crippen LogP contribution in [0, 0.1) is 0 Å². The number of hydrogen-bond donors (Lipinski definition) is 3. The molecule has 31 heavy (non-hydrogen) atoms. The Morgan fingerprint density at radius 1 is 1.06 bits per heavy atom. The van der Waals surface area contributed by atoms with Crippen LogP contribution in [-0.2, 0) is 17.6 Å². The maximum Gasteiger partial charge on any atom is 0.352 e. The maximum atomic E-state index is 12.5. The molecule has 0 spiro atoms. The van der Waals surface area contributed by atoms with Crippen molar-refractivity contribution >= 4 is 34.4 Å². The Hall–Kier alpha value is -3.19. The number of halogens is 1. The van der Waals surface area contributed by atoms with Gasteiger partial charge in [0.05, 0.1) is 19.6 Å². The Morgan fingerprint density at radius 2 is 1.81 bits per heavy atom. The smallest absolute Gasteiger partial charge is 0.352 e. The van der Waals surface area contributed by atoms with Gasteiger partial charge in [0.1, 0.15) is 5.69 Å². The molecule has 0 aliphatic rings. The summed E-state index contributed by atoms with van der Waals surface area (Å²) in [7, 11) is 0. The van der Waals surface area contributed by atoms with Crippen molar-refractivity contribution in [2.24, 2.45) is 0 Å². The minimum Gasteiger partial charge on any atom is -0.490 e. The van der Waals surface area contributed by atoms with Crippen LogP contribution in [-0.4, -0.2) is 41.7 Å². The third-order valence-corrected chi connectivity index (χ3v) is 5.00. The van der Waals surface area contributed by atoms with E-state index in [1.165, 1.54) is 0 Å². The number of carboxylic acid groups (broad SMARTS) is 1. The minimum atomic E-state index is -1.12. The lowest BCUT2D eigenvalue weighted by Crippen LogP contribution is -2.27. The van der Waals surface area contributed by atoms with Crippen molar-refractivity contribution in [1.82, 2.24) is 10.3 Å². The molecule has 1 amide bonds. The Morgan fingerprint density at radius 3 is 2.52 bits per heavy atom. The fourth-order valence-corrected chi connectivity index (χ4v) is 3.58. The molecule has 0 saturated carbocycles. The lowest BCUT2D eigenvalue weighted by Gasteiger charge is -2.12. The van der Waals surface area contributed by atoms with Gasteiger partial charge < -0.3 is 24.9 Å². The van der Waals surface area contributed by atoms with E-state index in [1.54, 1.807) is 18.2 Å². The van der Waals surface area contributed by atoms with Crippen LogP contribution in [0.1, 0.15) is 35.5 Å². The van der Waals surface area contributed by atoms with Crippen LogP contribution in [0.2, 0.25) is 5.02 Å². The molecule has 8 heteroatoms. The molecule has 2 aromatic carbocycles. The van der Waals surface area contributed by atoms with Crippen LogP contribution in [0.15, 0.2) is 36.4 Å². The van der Waals surface area contributed by atoms with Crippen molar-refractivity contribution in [3.63, 3.8) is 0 Å². The molecular weight excluding hydrogens is 420 g/mol. The van der Waals surface area contributed by atoms with Crippen LogP contribution in [0.5, 0.6) is 11.5 Å². The lowest BCUT2D eigenvalue weighted by atomic mass is 10.1. The normalized spacial score (nSPS) is 10.8.